The monoisotopic (exact) mass is 326 g/mol. The highest BCUT2D eigenvalue weighted by Crippen LogP contribution is 2.28. The predicted molar refractivity (Wildman–Crippen MR) is 72.3 cm³/mol. The number of rotatable bonds is 3. The summed E-state index contributed by atoms with van der Waals surface area (Å²) in [6.07, 6.45) is -2.34. The van der Waals surface area contributed by atoms with Crippen LogP contribution in [0.1, 0.15) is 6.92 Å². The van der Waals surface area contributed by atoms with Crippen molar-refractivity contribution in [2.24, 2.45) is 0 Å². The molecule has 0 aliphatic heterocycles. The van der Waals surface area contributed by atoms with Gasteiger partial charge >= 0.3 is 6.18 Å². The van der Waals surface area contributed by atoms with Crippen molar-refractivity contribution in [2.75, 3.05) is 0 Å². The van der Waals surface area contributed by atoms with Gasteiger partial charge in [0.25, 0.3) is 5.88 Å². The average molecular weight is 326 g/mol. The van der Waals surface area contributed by atoms with Crippen molar-refractivity contribution < 1.29 is 22.3 Å². The first-order chi connectivity index (χ1) is 10.8. The third-order valence-corrected chi connectivity index (χ3v) is 3.19. The van der Waals surface area contributed by atoms with Crippen LogP contribution in [0.15, 0.2) is 36.8 Å². The molecule has 3 heterocycles. The molecule has 0 aromatic carbocycles. The van der Waals surface area contributed by atoms with Crippen molar-refractivity contribution >= 4 is 5.52 Å². The molecule has 3 aromatic rings. The third kappa shape index (κ3) is 3.08. The molecule has 3 rings (SSSR count). The van der Waals surface area contributed by atoms with E-state index in [4.69, 9.17) is 0 Å². The second-order valence-electron chi connectivity index (χ2n) is 4.83. The Balaban J connectivity index is 1.89. The maximum absolute atomic E-state index is 14.0. The molecule has 3 aromatic heterocycles. The van der Waals surface area contributed by atoms with Gasteiger partial charge in [0.05, 0.1) is 11.7 Å². The molecule has 0 fully saturated rings. The molecule has 0 saturated carbocycles. The minimum atomic E-state index is -4.59. The molecule has 0 radical (unpaired) electrons. The van der Waals surface area contributed by atoms with E-state index in [1.165, 1.54) is 16.9 Å². The van der Waals surface area contributed by atoms with Crippen molar-refractivity contribution in [2.45, 2.75) is 19.2 Å². The van der Waals surface area contributed by atoms with Gasteiger partial charge in [0.1, 0.15) is 0 Å². The Bertz CT molecular complexity index is 846. The van der Waals surface area contributed by atoms with Crippen molar-refractivity contribution in [3.63, 3.8) is 0 Å². The molecule has 120 valence electrons. The summed E-state index contributed by atoms with van der Waals surface area (Å²) < 4.78 is 57.3. The van der Waals surface area contributed by atoms with E-state index in [2.05, 4.69) is 20.0 Å². The molecule has 5 nitrogen and oxygen atoms in total. The van der Waals surface area contributed by atoms with E-state index in [0.717, 1.165) is 13.0 Å². The summed E-state index contributed by atoms with van der Waals surface area (Å²) in [6, 6.07) is 4.44. The first kappa shape index (κ1) is 15.2. The number of nitrogens with zero attached hydrogens (tertiary/aromatic N) is 4. The highest BCUT2D eigenvalue weighted by Gasteiger charge is 2.38. The fourth-order valence-electron chi connectivity index (χ4n) is 1.91. The predicted octanol–water partition coefficient (Wildman–Crippen LogP) is 3.26. The average Bonchev–Trinajstić information content (AvgIpc) is 2.95. The molecule has 9 heteroatoms. The standard InChI is InChI=1S/C14H10F4N4O/c1-8(14(16,17)18)23-13-12(15)5-10(6-19-13)9-2-3-22-11(4-9)7-20-21-22/h2-8H,1H3/t8-/m1/s1. The van der Waals surface area contributed by atoms with E-state index >= 15 is 0 Å². The second kappa shape index (κ2) is 5.49. The quantitative estimate of drug-likeness (QED) is 0.693. The lowest BCUT2D eigenvalue weighted by Crippen LogP contribution is -2.31. The smallest absolute Gasteiger partial charge is 0.425 e. The largest absolute Gasteiger partial charge is 0.463 e. The van der Waals surface area contributed by atoms with Gasteiger partial charge < -0.3 is 4.74 Å². The topological polar surface area (TPSA) is 52.3 Å². The molecule has 0 spiro atoms. The Labute approximate surface area is 127 Å². The van der Waals surface area contributed by atoms with Crippen LogP contribution in [0.4, 0.5) is 17.6 Å². The molecule has 0 aliphatic carbocycles. The lowest BCUT2D eigenvalue weighted by molar-refractivity contribution is -0.190. The summed E-state index contributed by atoms with van der Waals surface area (Å²) in [5.74, 6) is -1.66. The zero-order chi connectivity index (χ0) is 16.6. The van der Waals surface area contributed by atoms with E-state index in [1.54, 1.807) is 18.3 Å². The number of pyridine rings is 2. The first-order valence-corrected chi connectivity index (χ1v) is 6.54. The number of alkyl halides is 3. The van der Waals surface area contributed by atoms with E-state index in [9.17, 15) is 17.6 Å². The van der Waals surface area contributed by atoms with Crippen LogP contribution in [0.5, 0.6) is 5.88 Å². The Morgan fingerprint density at radius 2 is 1.96 bits per heavy atom. The van der Waals surface area contributed by atoms with E-state index in [-0.39, 0.29) is 0 Å². The molecule has 0 unspecified atom stereocenters. The highest BCUT2D eigenvalue weighted by molar-refractivity contribution is 5.67. The summed E-state index contributed by atoms with van der Waals surface area (Å²) in [5, 5.41) is 7.51. The van der Waals surface area contributed by atoms with Crippen molar-refractivity contribution in [1.82, 2.24) is 19.8 Å². The van der Waals surface area contributed by atoms with Crippen LogP contribution in [-0.2, 0) is 0 Å². The fourth-order valence-corrected chi connectivity index (χ4v) is 1.91. The molecule has 0 amide bonds. The minimum Gasteiger partial charge on any atom is -0.463 e. The number of aromatic nitrogens is 4. The second-order valence-corrected chi connectivity index (χ2v) is 4.83. The van der Waals surface area contributed by atoms with Gasteiger partial charge in [-0.05, 0) is 30.7 Å². The van der Waals surface area contributed by atoms with Crippen LogP contribution in [0, 0.1) is 5.82 Å². The first-order valence-electron chi connectivity index (χ1n) is 6.54. The number of hydrogen-bond donors (Lipinski definition) is 0. The molecule has 0 saturated heterocycles. The Morgan fingerprint density at radius 1 is 1.17 bits per heavy atom. The van der Waals surface area contributed by atoms with Gasteiger partial charge in [-0.15, -0.1) is 5.10 Å². The number of halogens is 4. The van der Waals surface area contributed by atoms with Crippen LogP contribution in [0.3, 0.4) is 0 Å². The highest BCUT2D eigenvalue weighted by atomic mass is 19.4. The van der Waals surface area contributed by atoms with Crippen LogP contribution in [0.25, 0.3) is 16.6 Å². The van der Waals surface area contributed by atoms with Crippen LogP contribution in [-0.4, -0.2) is 32.1 Å². The molecule has 23 heavy (non-hydrogen) atoms. The number of ether oxygens (including phenoxy) is 1. The Morgan fingerprint density at radius 3 is 2.65 bits per heavy atom. The van der Waals surface area contributed by atoms with E-state index in [0.29, 0.717) is 16.6 Å². The van der Waals surface area contributed by atoms with Gasteiger partial charge in [-0.25, -0.2) is 13.9 Å². The maximum Gasteiger partial charge on any atom is 0.425 e. The third-order valence-electron chi connectivity index (χ3n) is 3.19. The van der Waals surface area contributed by atoms with Gasteiger partial charge in [0.2, 0.25) is 0 Å². The molecular formula is C14H10F4N4O. The van der Waals surface area contributed by atoms with Crippen molar-refractivity contribution in [3.8, 4) is 17.0 Å². The van der Waals surface area contributed by atoms with Gasteiger partial charge in [0, 0.05) is 18.0 Å². The Kier molecular flexibility index (Phi) is 3.63. The molecule has 0 aliphatic rings. The summed E-state index contributed by atoms with van der Waals surface area (Å²) >= 11 is 0. The zero-order valence-corrected chi connectivity index (χ0v) is 11.8. The van der Waals surface area contributed by atoms with Crippen LogP contribution < -0.4 is 4.74 Å². The van der Waals surface area contributed by atoms with Crippen molar-refractivity contribution in [1.29, 1.82) is 0 Å². The van der Waals surface area contributed by atoms with Gasteiger partial charge in [-0.1, -0.05) is 5.21 Å². The van der Waals surface area contributed by atoms with Gasteiger partial charge in [-0.2, -0.15) is 13.2 Å². The van der Waals surface area contributed by atoms with Crippen LogP contribution >= 0.6 is 0 Å². The molecule has 0 bridgehead atoms. The molecule has 0 N–H and O–H groups in total. The number of fused-ring (bicyclic) bond motifs is 1. The van der Waals surface area contributed by atoms with Gasteiger partial charge in [0.15, 0.2) is 11.9 Å². The minimum absolute atomic E-state index is 0.401. The lowest BCUT2D eigenvalue weighted by atomic mass is 10.1. The summed E-state index contributed by atoms with van der Waals surface area (Å²) in [4.78, 5) is 3.64. The zero-order valence-electron chi connectivity index (χ0n) is 11.8. The lowest BCUT2D eigenvalue weighted by Gasteiger charge is -2.17. The summed E-state index contributed by atoms with van der Waals surface area (Å²) in [6.45, 7) is 0.787. The van der Waals surface area contributed by atoms with Gasteiger partial charge in [-0.3, -0.25) is 0 Å². The molecule has 1 atom stereocenters. The van der Waals surface area contributed by atoms with E-state index in [1.807, 2.05) is 0 Å². The van der Waals surface area contributed by atoms with E-state index < -0.39 is 24.0 Å². The molecular weight excluding hydrogens is 316 g/mol. The maximum atomic E-state index is 14.0. The fraction of sp³-hybridized carbons (Fsp3) is 0.214. The van der Waals surface area contributed by atoms with Crippen molar-refractivity contribution in [3.05, 3.63) is 42.6 Å². The number of hydrogen-bond acceptors (Lipinski definition) is 4. The summed E-state index contributed by atoms with van der Waals surface area (Å²) in [5.41, 5.74) is 1.72. The Hall–Kier alpha value is -2.71. The SMILES string of the molecule is C[C@@H](Oc1ncc(-c2ccn3nncc3c2)cc1F)C(F)(F)F. The normalized spacial score (nSPS) is 13.3. The summed E-state index contributed by atoms with van der Waals surface area (Å²) in [7, 11) is 0. The van der Waals surface area contributed by atoms with Crippen LogP contribution in [0.2, 0.25) is 0 Å².